The third-order valence-corrected chi connectivity index (χ3v) is 0.744. The van der Waals surface area contributed by atoms with Crippen LogP contribution < -0.4 is 0 Å². The first-order valence-corrected chi connectivity index (χ1v) is 2.10. The normalized spacial score (nSPS) is 18.0. The van der Waals surface area contributed by atoms with Crippen LogP contribution in [0.25, 0.3) is 0 Å². The van der Waals surface area contributed by atoms with Crippen molar-refractivity contribution in [3.05, 3.63) is 12.3 Å². The first kappa shape index (κ1) is 4.24. The molecule has 0 spiro atoms. The largest absolute Gasteiger partial charge is 0.294 e. The van der Waals surface area contributed by atoms with Gasteiger partial charge in [0, 0.05) is 18.8 Å². The van der Waals surface area contributed by atoms with Crippen LogP contribution in [0, 0.1) is 0 Å². The number of hydrogen-bond donors (Lipinski definition) is 0. The van der Waals surface area contributed by atoms with Gasteiger partial charge in [-0.15, -0.1) is 0 Å². The van der Waals surface area contributed by atoms with Crippen LogP contribution in [0.1, 0.15) is 6.42 Å². The molecule has 2 heteroatoms. The van der Waals surface area contributed by atoms with Gasteiger partial charge in [0.25, 0.3) is 0 Å². The highest BCUT2D eigenvalue weighted by molar-refractivity contribution is 6.00. The van der Waals surface area contributed by atoms with Crippen molar-refractivity contribution in [1.82, 2.24) is 0 Å². The van der Waals surface area contributed by atoms with Crippen LogP contribution in [0.2, 0.25) is 0 Å². The van der Waals surface area contributed by atoms with Crippen molar-refractivity contribution in [2.24, 2.45) is 4.99 Å². The number of carbonyl (C=O) groups is 1. The molecule has 1 heterocycles. The minimum Gasteiger partial charge on any atom is -0.294 e. The first-order valence-electron chi connectivity index (χ1n) is 2.10. The molecule has 0 aromatic rings. The lowest BCUT2D eigenvalue weighted by Crippen LogP contribution is -1.95. The SMILES string of the molecule is O=C1C=CN=CC1. The Morgan fingerprint density at radius 1 is 1.71 bits per heavy atom. The smallest absolute Gasteiger partial charge is 0.162 e. The Kier molecular flexibility index (Phi) is 1.02. The maximum Gasteiger partial charge on any atom is 0.162 e. The van der Waals surface area contributed by atoms with Crippen LogP contribution in [0.3, 0.4) is 0 Å². The summed E-state index contributed by atoms with van der Waals surface area (Å²) in [6.07, 6.45) is 5.05. The molecule has 0 fully saturated rings. The molecule has 36 valence electrons. The second-order valence-corrected chi connectivity index (χ2v) is 1.32. The Morgan fingerprint density at radius 2 is 2.57 bits per heavy atom. The second-order valence-electron chi connectivity index (χ2n) is 1.32. The van der Waals surface area contributed by atoms with E-state index in [4.69, 9.17) is 0 Å². The third kappa shape index (κ3) is 0.961. The Labute approximate surface area is 41.6 Å². The number of nitrogens with zero attached hydrogens (tertiary/aromatic N) is 1. The molecular weight excluding hydrogens is 90.1 g/mol. The molecule has 0 atom stereocenters. The fourth-order valence-corrected chi connectivity index (χ4v) is 0.398. The average Bonchev–Trinajstić information content (AvgIpc) is 1.69. The summed E-state index contributed by atoms with van der Waals surface area (Å²) in [7, 11) is 0. The topological polar surface area (TPSA) is 29.4 Å². The summed E-state index contributed by atoms with van der Waals surface area (Å²) < 4.78 is 0. The molecule has 0 unspecified atom stereocenters. The summed E-state index contributed by atoms with van der Waals surface area (Å²) in [5, 5.41) is 0. The molecule has 0 N–H and O–H groups in total. The lowest BCUT2D eigenvalue weighted by Gasteiger charge is -1.88. The van der Waals surface area contributed by atoms with E-state index in [-0.39, 0.29) is 5.78 Å². The Hall–Kier alpha value is -0.920. The Morgan fingerprint density at radius 3 is 2.86 bits per heavy atom. The zero-order chi connectivity index (χ0) is 5.11. The molecule has 0 aromatic carbocycles. The van der Waals surface area contributed by atoms with Crippen molar-refractivity contribution >= 4 is 12.0 Å². The molecule has 0 aromatic heterocycles. The molecule has 0 saturated carbocycles. The molecule has 7 heavy (non-hydrogen) atoms. The molecule has 0 saturated heterocycles. The monoisotopic (exact) mass is 95.0 g/mol. The van der Waals surface area contributed by atoms with Gasteiger partial charge in [-0.1, -0.05) is 0 Å². The number of aliphatic imine (C=N–C) groups is 1. The minimum atomic E-state index is 0.134. The number of ketones is 1. The fraction of sp³-hybridized carbons (Fsp3) is 0.200. The molecule has 0 aliphatic carbocycles. The van der Waals surface area contributed by atoms with E-state index < -0.39 is 0 Å². The van der Waals surface area contributed by atoms with E-state index in [0.29, 0.717) is 6.42 Å². The lowest BCUT2D eigenvalue weighted by atomic mass is 10.3. The summed E-state index contributed by atoms with van der Waals surface area (Å²) >= 11 is 0. The van der Waals surface area contributed by atoms with Gasteiger partial charge in [-0.2, -0.15) is 0 Å². The van der Waals surface area contributed by atoms with Crippen molar-refractivity contribution in [2.45, 2.75) is 6.42 Å². The second kappa shape index (κ2) is 1.69. The standard InChI is InChI=1S/C5H5NO/c7-5-1-3-6-4-2-5/h1,3-4H,2H2. The van der Waals surface area contributed by atoms with Crippen molar-refractivity contribution in [3.63, 3.8) is 0 Å². The van der Waals surface area contributed by atoms with Gasteiger partial charge in [0.1, 0.15) is 0 Å². The summed E-state index contributed by atoms with van der Waals surface area (Å²) in [6, 6.07) is 0. The minimum absolute atomic E-state index is 0.134. The van der Waals surface area contributed by atoms with Crippen LogP contribution in [-0.4, -0.2) is 12.0 Å². The van der Waals surface area contributed by atoms with E-state index >= 15 is 0 Å². The highest BCUT2D eigenvalue weighted by atomic mass is 16.1. The summed E-state index contributed by atoms with van der Waals surface area (Å²) in [6.45, 7) is 0. The van der Waals surface area contributed by atoms with E-state index in [1.807, 2.05) is 0 Å². The highest BCUT2D eigenvalue weighted by Crippen LogP contribution is 1.88. The maximum absolute atomic E-state index is 10.3. The molecule has 2 nitrogen and oxygen atoms in total. The predicted molar refractivity (Wildman–Crippen MR) is 27.3 cm³/mol. The van der Waals surface area contributed by atoms with Crippen LogP contribution in [0.15, 0.2) is 17.3 Å². The van der Waals surface area contributed by atoms with Gasteiger partial charge in [0.15, 0.2) is 5.78 Å². The van der Waals surface area contributed by atoms with Gasteiger partial charge in [0.05, 0.1) is 0 Å². The van der Waals surface area contributed by atoms with E-state index in [1.54, 1.807) is 6.21 Å². The van der Waals surface area contributed by atoms with Crippen LogP contribution in [-0.2, 0) is 4.79 Å². The Bertz CT molecular complexity index is 135. The zero-order valence-electron chi connectivity index (χ0n) is 3.79. The van der Waals surface area contributed by atoms with Crippen LogP contribution in [0.4, 0.5) is 0 Å². The van der Waals surface area contributed by atoms with E-state index in [0.717, 1.165) is 0 Å². The molecular formula is C5H5NO. The van der Waals surface area contributed by atoms with Gasteiger partial charge in [-0.05, 0) is 6.08 Å². The number of rotatable bonds is 0. The zero-order valence-corrected chi connectivity index (χ0v) is 3.79. The highest BCUT2D eigenvalue weighted by Gasteiger charge is 1.93. The maximum atomic E-state index is 10.3. The molecule has 1 rings (SSSR count). The number of hydrogen-bond acceptors (Lipinski definition) is 2. The van der Waals surface area contributed by atoms with E-state index in [2.05, 4.69) is 4.99 Å². The summed E-state index contributed by atoms with van der Waals surface area (Å²) in [5.41, 5.74) is 0. The van der Waals surface area contributed by atoms with Gasteiger partial charge in [0.2, 0.25) is 0 Å². The third-order valence-electron chi connectivity index (χ3n) is 0.744. The van der Waals surface area contributed by atoms with Crippen molar-refractivity contribution in [2.75, 3.05) is 0 Å². The van der Waals surface area contributed by atoms with Crippen LogP contribution >= 0.6 is 0 Å². The molecule has 1 aliphatic rings. The number of carbonyl (C=O) groups excluding carboxylic acids is 1. The quantitative estimate of drug-likeness (QED) is 0.432. The first-order chi connectivity index (χ1) is 3.39. The van der Waals surface area contributed by atoms with Crippen molar-refractivity contribution in [3.8, 4) is 0 Å². The average molecular weight is 95.1 g/mol. The van der Waals surface area contributed by atoms with E-state index in [1.165, 1.54) is 12.3 Å². The van der Waals surface area contributed by atoms with Gasteiger partial charge in [-0.25, -0.2) is 0 Å². The molecule has 0 bridgehead atoms. The molecule has 0 amide bonds. The molecule has 0 radical (unpaired) electrons. The van der Waals surface area contributed by atoms with Gasteiger partial charge >= 0.3 is 0 Å². The van der Waals surface area contributed by atoms with Gasteiger partial charge in [-0.3, -0.25) is 9.79 Å². The van der Waals surface area contributed by atoms with Crippen LogP contribution in [0.5, 0.6) is 0 Å². The Balaban J connectivity index is 2.66. The fourth-order valence-electron chi connectivity index (χ4n) is 0.398. The van der Waals surface area contributed by atoms with Crippen molar-refractivity contribution < 1.29 is 4.79 Å². The predicted octanol–water partition coefficient (Wildman–Crippen LogP) is 0.544. The summed E-state index contributed by atoms with van der Waals surface area (Å²) in [5.74, 6) is 0.134. The van der Waals surface area contributed by atoms with Gasteiger partial charge < -0.3 is 0 Å². The number of allylic oxidation sites excluding steroid dienone is 1. The lowest BCUT2D eigenvalue weighted by molar-refractivity contribution is -0.113. The molecule has 1 aliphatic heterocycles. The van der Waals surface area contributed by atoms with Crippen molar-refractivity contribution in [1.29, 1.82) is 0 Å². The van der Waals surface area contributed by atoms with E-state index in [9.17, 15) is 4.79 Å². The summed E-state index contributed by atoms with van der Waals surface area (Å²) in [4.78, 5) is 14.0.